The summed E-state index contributed by atoms with van der Waals surface area (Å²) in [5, 5.41) is 0.564. The third-order valence-corrected chi connectivity index (χ3v) is 2.79. The molecule has 0 radical (unpaired) electrons. The van der Waals surface area contributed by atoms with Gasteiger partial charge in [0.2, 0.25) is 5.13 Å². The zero-order valence-corrected chi connectivity index (χ0v) is 9.53. The first-order valence-electron chi connectivity index (χ1n) is 4.86. The molecule has 0 bridgehead atoms. The summed E-state index contributed by atoms with van der Waals surface area (Å²) in [5.41, 5.74) is 0.892. The highest BCUT2D eigenvalue weighted by Crippen LogP contribution is 2.27. The van der Waals surface area contributed by atoms with Crippen LogP contribution >= 0.6 is 11.3 Å². The molecule has 2 aromatic rings. The molecule has 0 spiro atoms. The van der Waals surface area contributed by atoms with Crippen molar-refractivity contribution in [1.29, 1.82) is 0 Å². The molecule has 0 saturated heterocycles. The van der Waals surface area contributed by atoms with Crippen molar-refractivity contribution < 1.29 is 9.53 Å². The molecule has 4 nitrogen and oxygen atoms in total. The summed E-state index contributed by atoms with van der Waals surface area (Å²) in [4.78, 5) is 19.3. The van der Waals surface area contributed by atoms with Gasteiger partial charge in [0.15, 0.2) is 0 Å². The van der Waals surface area contributed by atoms with E-state index in [1.165, 1.54) is 11.3 Å². The number of fused-ring (bicyclic) bond motifs is 1. The van der Waals surface area contributed by atoms with Crippen LogP contribution < -0.4 is 0 Å². The van der Waals surface area contributed by atoms with Crippen molar-refractivity contribution in [3.63, 3.8) is 0 Å². The maximum Gasteiger partial charge on any atom is 0.349 e. The molecule has 1 aromatic carbocycles. The molecular weight excluding hydrogens is 224 g/mol. The summed E-state index contributed by atoms with van der Waals surface area (Å²) >= 11 is 1.44. The molecule has 0 amide bonds. The summed E-state index contributed by atoms with van der Waals surface area (Å²) in [5.74, 6) is -0.443. The van der Waals surface area contributed by atoms with Crippen LogP contribution in [0.25, 0.3) is 10.2 Å². The van der Waals surface area contributed by atoms with Gasteiger partial charge in [0.1, 0.15) is 6.21 Å². The Balaban J connectivity index is 2.18. The van der Waals surface area contributed by atoms with Gasteiger partial charge in [-0.1, -0.05) is 23.5 Å². The number of ether oxygens (including phenoxy) is 1. The molecule has 0 saturated carbocycles. The summed E-state index contributed by atoms with van der Waals surface area (Å²) < 4.78 is 5.78. The number of thiazole rings is 1. The Morgan fingerprint density at radius 2 is 2.38 bits per heavy atom. The van der Waals surface area contributed by atoms with Gasteiger partial charge < -0.3 is 4.74 Å². The van der Waals surface area contributed by atoms with Crippen LogP contribution in [0, 0.1) is 0 Å². The maximum atomic E-state index is 11.0. The largest absolute Gasteiger partial charge is 0.462 e. The predicted molar refractivity (Wildman–Crippen MR) is 64.4 cm³/mol. The lowest BCUT2D eigenvalue weighted by atomic mass is 10.3. The summed E-state index contributed by atoms with van der Waals surface area (Å²) in [7, 11) is 0. The first kappa shape index (κ1) is 10.8. The number of nitrogens with zero attached hydrogens (tertiary/aromatic N) is 2. The standard InChI is InChI=1S/C11H10N2O2S/c1-2-15-10(14)7-12-11-13-8-5-3-4-6-9(8)16-11/h3-7H,2H2,1H3. The highest BCUT2D eigenvalue weighted by molar-refractivity contribution is 7.22. The zero-order valence-electron chi connectivity index (χ0n) is 8.71. The third kappa shape index (κ3) is 2.43. The number of aromatic nitrogens is 1. The van der Waals surface area contributed by atoms with Gasteiger partial charge in [0, 0.05) is 0 Å². The predicted octanol–water partition coefficient (Wildman–Crippen LogP) is 2.56. The van der Waals surface area contributed by atoms with E-state index >= 15 is 0 Å². The molecule has 0 aliphatic rings. The number of carbonyl (C=O) groups excluding carboxylic acids is 1. The Labute approximate surface area is 96.6 Å². The SMILES string of the molecule is CCOC(=O)C=Nc1nc2ccccc2s1. The number of benzene rings is 1. The number of carbonyl (C=O) groups is 1. The highest BCUT2D eigenvalue weighted by atomic mass is 32.1. The Hall–Kier alpha value is -1.75. The molecule has 0 unspecified atom stereocenters. The van der Waals surface area contributed by atoms with Crippen LogP contribution in [0.4, 0.5) is 5.13 Å². The van der Waals surface area contributed by atoms with Gasteiger partial charge in [-0.05, 0) is 19.1 Å². The van der Waals surface area contributed by atoms with Crippen molar-refractivity contribution in [2.45, 2.75) is 6.92 Å². The molecule has 2 rings (SSSR count). The fourth-order valence-corrected chi connectivity index (χ4v) is 2.01. The number of hydrogen-bond acceptors (Lipinski definition) is 5. The van der Waals surface area contributed by atoms with Crippen LogP contribution in [0.2, 0.25) is 0 Å². The molecule has 5 heteroatoms. The quantitative estimate of drug-likeness (QED) is 0.605. The first-order chi connectivity index (χ1) is 7.79. The van der Waals surface area contributed by atoms with Crippen molar-refractivity contribution in [1.82, 2.24) is 4.98 Å². The lowest BCUT2D eigenvalue weighted by Gasteiger charge is -1.92. The number of esters is 1. The van der Waals surface area contributed by atoms with Gasteiger partial charge in [-0.25, -0.2) is 14.8 Å². The van der Waals surface area contributed by atoms with Gasteiger partial charge in [-0.3, -0.25) is 0 Å². The van der Waals surface area contributed by atoms with Crippen LogP contribution in [-0.2, 0) is 9.53 Å². The van der Waals surface area contributed by atoms with Crippen molar-refractivity contribution >= 4 is 38.9 Å². The molecule has 0 aliphatic heterocycles. The van der Waals surface area contributed by atoms with Gasteiger partial charge in [0.25, 0.3) is 0 Å². The highest BCUT2D eigenvalue weighted by Gasteiger charge is 2.01. The minimum absolute atomic E-state index is 0.352. The number of hydrogen-bond donors (Lipinski definition) is 0. The topological polar surface area (TPSA) is 51.5 Å². The number of para-hydroxylation sites is 1. The van der Waals surface area contributed by atoms with E-state index in [0.717, 1.165) is 16.4 Å². The van der Waals surface area contributed by atoms with E-state index in [1.54, 1.807) is 6.92 Å². The molecule has 1 aromatic heterocycles. The molecular formula is C11H10N2O2S. The molecule has 0 fully saturated rings. The smallest absolute Gasteiger partial charge is 0.349 e. The molecule has 16 heavy (non-hydrogen) atoms. The Kier molecular flexibility index (Phi) is 3.26. The second-order valence-corrected chi connectivity index (χ2v) is 3.98. The summed E-state index contributed by atoms with van der Waals surface area (Å²) in [6.07, 6.45) is 1.15. The molecule has 0 aliphatic carbocycles. The van der Waals surface area contributed by atoms with E-state index in [2.05, 4.69) is 9.98 Å². The van der Waals surface area contributed by atoms with Gasteiger partial charge in [-0.2, -0.15) is 0 Å². The van der Waals surface area contributed by atoms with Crippen molar-refractivity contribution in [2.24, 2.45) is 4.99 Å². The molecule has 82 valence electrons. The van der Waals surface area contributed by atoms with E-state index in [4.69, 9.17) is 4.74 Å². The van der Waals surface area contributed by atoms with Crippen molar-refractivity contribution in [3.8, 4) is 0 Å². The molecule has 0 N–H and O–H groups in total. The van der Waals surface area contributed by atoms with E-state index in [9.17, 15) is 4.79 Å². The second kappa shape index (κ2) is 4.85. The Morgan fingerprint density at radius 1 is 1.56 bits per heavy atom. The lowest BCUT2D eigenvalue weighted by Crippen LogP contribution is -2.04. The molecule has 0 atom stereocenters. The van der Waals surface area contributed by atoms with Crippen LogP contribution in [0.3, 0.4) is 0 Å². The normalized spacial score (nSPS) is 11.1. The third-order valence-electron chi connectivity index (χ3n) is 1.85. The van der Waals surface area contributed by atoms with Gasteiger partial charge in [0.05, 0.1) is 16.8 Å². The van der Waals surface area contributed by atoms with Crippen molar-refractivity contribution in [2.75, 3.05) is 6.61 Å². The van der Waals surface area contributed by atoms with Crippen LogP contribution in [0.15, 0.2) is 29.3 Å². The average Bonchev–Trinajstić information content (AvgIpc) is 2.69. The Morgan fingerprint density at radius 3 is 3.12 bits per heavy atom. The second-order valence-electron chi connectivity index (χ2n) is 2.97. The van der Waals surface area contributed by atoms with E-state index < -0.39 is 5.97 Å². The van der Waals surface area contributed by atoms with Crippen LogP contribution in [0.1, 0.15) is 6.92 Å². The van der Waals surface area contributed by atoms with E-state index in [0.29, 0.717) is 11.7 Å². The average molecular weight is 234 g/mol. The number of rotatable bonds is 3. The van der Waals surface area contributed by atoms with Crippen molar-refractivity contribution in [3.05, 3.63) is 24.3 Å². The van der Waals surface area contributed by atoms with Crippen LogP contribution in [-0.4, -0.2) is 23.8 Å². The van der Waals surface area contributed by atoms with Gasteiger partial charge >= 0.3 is 5.97 Å². The van der Waals surface area contributed by atoms with E-state index in [1.807, 2.05) is 24.3 Å². The minimum atomic E-state index is -0.443. The lowest BCUT2D eigenvalue weighted by molar-refractivity contribution is -0.134. The monoisotopic (exact) mass is 234 g/mol. The Bertz CT molecular complexity index is 501. The molecule has 1 heterocycles. The zero-order chi connectivity index (χ0) is 11.4. The van der Waals surface area contributed by atoms with Crippen LogP contribution in [0.5, 0.6) is 0 Å². The summed E-state index contributed by atoms with van der Waals surface area (Å²) in [6.45, 7) is 2.11. The number of aliphatic imine (C=N–C) groups is 1. The minimum Gasteiger partial charge on any atom is -0.462 e. The summed E-state index contributed by atoms with van der Waals surface area (Å²) in [6, 6.07) is 7.74. The van der Waals surface area contributed by atoms with Gasteiger partial charge in [-0.15, -0.1) is 0 Å². The van der Waals surface area contributed by atoms with E-state index in [-0.39, 0.29) is 0 Å². The first-order valence-corrected chi connectivity index (χ1v) is 5.67. The fraction of sp³-hybridized carbons (Fsp3) is 0.182. The fourth-order valence-electron chi connectivity index (χ4n) is 1.20. The maximum absolute atomic E-state index is 11.0.